The van der Waals surface area contributed by atoms with E-state index in [2.05, 4.69) is 13.8 Å². The SMILES string of the molecule is CCCCCCCC(CCCCCCC)C(=O)OCC1OC(OC(OC(COC(=O)c2cc(OCC)c(OCC)c(OCC)c2)C(C)O)C(O)O)OC(CO)C1O. The van der Waals surface area contributed by atoms with E-state index in [1.807, 2.05) is 0 Å². The zero-order chi connectivity index (χ0) is 42.2. The van der Waals surface area contributed by atoms with Gasteiger partial charge in [0.2, 0.25) is 18.3 Å². The quantitative estimate of drug-likeness (QED) is 0.0388. The van der Waals surface area contributed by atoms with Gasteiger partial charge in [-0.2, -0.15) is 0 Å². The number of carbonyl (C=O) groups excluding carboxylic acids is 2. The van der Waals surface area contributed by atoms with Gasteiger partial charge in [-0.05, 0) is 52.7 Å². The lowest BCUT2D eigenvalue weighted by Crippen LogP contribution is -2.55. The number of hydrogen-bond donors (Lipinski definition) is 5. The van der Waals surface area contributed by atoms with Crippen LogP contribution in [0.3, 0.4) is 0 Å². The van der Waals surface area contributed by atoms with Crippen molar-refractivity contribution in [1.29, 1.82) is 0 Å². The molecule has 1 aliphatic rings. The average Bonchev–Trinajstić information content (AvgIpc) is 3.18. The maximum atomic E-state index is 13.3. The van der Waals surface area contributed by atoms with E-state index in [9.17, 15) is 35.1 Å². The van der Waals surface area contributed by atoms with Gasteiger partial charge in [-0.3, -0.25) is 9.53 Å². The molecule has 1 aromatic rings. The van der Waals surface area contributed by atoms with Crippen molar-refractivity contribution in [3.05, 3.63) is 17.7 Å². The molecule has 57 heavy (non-hydrogen) atoms. The molecular formula is C41H70O16. The van der Waals surface area contributed by atoms with Gasteiger partial charge in [0.05, 0.1) is 44.0 Å². The normalized spacial score (nSPS) is 19.9. The van der Waals surface area contributed by atoms with Crippen molar-refractivity contribution < 1.29 is 77.8 Å². The number of ether oxygens (including phenoxy) is 9. The Morgan fingerprint density at radius 3 is 1.79 bits per heavy atom. The Kier molecular flexibility index (Phi) is 25.3. The Hall–Kier alpha value is -2.80. The number of rotatable bonds is 31. The largest absolute Gasteiger partial charge is 0.490 e. The first-order valence-corrected chi connectivity index (χ1v) is 20.8. The molecule has 16 nitrogen and oxygen atoms in total. The zero-order valence-corrected chi connectivity index (χ0v) is 34.8. The second-order valence-corrected chi connectivity index (χ2v) is 14.1. The minimum absolute atomic E-state index is 0.0549. The van der Waals surface area contributed by atoms with Crippen LogP contribution in [-0.2, 0) is 33.2 Å². The molecule has 1 aliphatic heterocycles. The van der Waals surface area contributed by atoms with E-state index in [0.29, 0.717) is 25.2 Å². The second kappa shape index (κ2) is 28.6. The highest BCUT2D eigenvalue weighted by Crippen LogP contribution is 2.39. The molecular weight excluding hydrogens is 748 g/mol. The van der Waals surface area contributed by atoms with Crippen molar-refractivity contribution in [2.75, 3.05) is 39.6 Å². The van der Waals surface area contributed by atoms with Gasteiger partial charge in [0, 0.05) is 0 Å². The van der Waals surface area contributed by atoms with Crippen molar-refractivity contribution in [2.45, 2.75) is 168 Å². The summed E-state index contributed by atoms with van der Waals surface area (Å²) in [5, 5.41) is 51.7. The van der Waals surface area contributed by atoms with Crippen LogP contribution >= 0.6 is 0 Å². The van der Waals surface area contributed by atoms with Crippen molar-refractivity contribution in [1.82, 2.24) is 0 Å². The van der Waals surface area contributed by atoms with Crippen LogP contribution in [0.1, 0.15) is 129 Å². The molecule has 0 aromatic heterocycles. The molecule has 7 atom stereocenters. The molecule has 1 aromatic carbocycles. The first-order chi connectivity index (χ1) is 27.4. The van der Waals surface area contributed by atoms with Gasteiger partial charge >= 0.3 is 11.9 Å². The fourth-order valence-electron chi connectivity index (χ4n) is 6.22. The topological polar surface area (TPSA) is 218 Å². The number of carbonyl (C=O) groups is 2. The molecule has 1 saturated heterocycles. The van der Waals surface area contributed by atoms with Crippen LogP contribution in [0.15, 0.2) is 12.1 Å². The van der Waals surface area contributed by atoms with Crippen LogP contribution in [0.2, 0.25) is 0 Å². The number of esters is 2. The van der Waals surface area contributed by atoms with Crippen molar-refractivity contribution in [2.24, 2.45) is 5.92 Å². The molecule has 1 heterocycles. The molecule has 1 fully saturated rings. The molecule has 0 aliphatic carbocycles. The van der Waals surface area contributed by atoms with Crippen molar-refractivity contribution >= 4 is 11.9 Å². The minimum atomic E-state index is -2.33. The van der Waals surface area contributed by atoms with Crippen LogP contribution in [0.25, 0.3) is 0 Å². The van der Waals surface area contributed by atoms with Crippen LogP contribution in [0.5, 0.6) is 17.2 Å². The predicted molar refractivity (Wildman–Crippen MR) is 208 cm³/mol. The summed E-state index contributed by atoms with van der Waals surface area (Å²) >= 11 is 0. The molecule has 0 amide bonds. The molecule has 330 valence electrons. The Bertz CT molecular complexity index is 1200. The lowest BCUT2D eigenvalue weighted by Gasteiger charge is -2.39. The summed E-state index contributed by atoms with van der Waals surface area (Å²) in [7, 11) is 0. The molecule has 16 heteroatoms. The first-order valence-electron chi connectivity index (χ1n) is 20.8. The fourth-order valence-corrected chi connectivity index (χ4v) is 6.22. The summed E-state index contributed by atoms with van der Waals surface area (Å²) in [5.41, 5.74) is 0.0549. The Balaban J connectivity index is 2.11. The van der Waals surface area contributed by atoms with Crippen LogP contribution in [0.4, 0.5) is 0 Å². The highest BCUT2D eigenvalue weighted by atomic mass is 16.9. The van der Waals surface area contributed by atoms with Crippen LogP contribution in [0, 0.1) is 5.92 Å². The number of aliphatic hydroxyl groups is 5. The van der Waals surface area contributed by atoms with Gasteiger partial charge in [0.15, 0.2) is 11.5 Å². The highest BCUT2D eigenvalue weighted by Gasteiger charge is 2.42. The Morgan fingerprint density at radius 1 is 0.754 bits per heavy atom. The molecule has 0 bridgehead atoms. The number of benzene rings is 1. The van der Waals surface area contributed by atoms with Crippen molar-refractivity contribution in [3.63, 3.8) is 0 Å². The molecule has 2 rings (SSSR count). The van der Waals surface area contributed by atoms with Crippen LogP contribution < -0.4 is 14.2 Å². The molecule has 0 spiro atoms. The van der Waals surface area contributed by atoms with Crippen molar-refractivity contribution in [3.8, 4) is 17.2 Å². The smallest absolute Gasteiger partial charge is 0.338 e. The monoisotopic (exact) mass is 818 g/mol. The summed E-state index contributed by atoms with van der Waals surface area (Å²) in [5.74, 6) is -0.695. The number of hydrogen-bond acceptors (Lipinski definition) is 16. The van der Waals surface area contributed by atoms with E-state index in [0.717, 1.165) is 64.2 Å². The Morgan fingerprint density at radius 2 is 1.30 bits per heavy atom. The summed E-state index contributed by atoms with van der Waals surface area (Å²) in [6.45, 7) is 8.48. The first kappa shape index (κ1) is 50.3. The summed E-state index contributed by atoms with van der Waals surface area (Å²) in [6.07, 6.45) is 1.10. The average molecular weight is 819 g/mol. The molecule has 0 radical (unpaired) electrons. The second-order valence-electron chi connectivity index (χ2n) is 14.1. The molecule has 7 unspecified atom stereocenters. The zero-order valence-electron chi connectivity index (χ0n) is 34.8. The van der Waals surface area contributed by atoms with E-state index in [-0.39, 0.29) is 42.8 Å². The predicted octanol–water partition coefficient (Wildman–Crippen LogP) is 4.76. The standard InChI is InChI=1S/C41H70O16/c1-7-12-14-16-18-20-28(21-19-17-15-13-8-2)38(47)53-26-34-35(44)32(24-42)55-41(56-34)57-40(37(45)46)54-33(27(6)43)25-52-39(48)29-22-30(49-9-3)36(51-11-5)31(23-29)50-10-4/h22-23,27-28,32-35,37,40-46H,7-21,24-26H2,1-6H3. The summed E-state index contributed by atoms with van der Waals surface area (Å²) < 4.78 is 50.5. The van der Waals surface area contributed by atoms with Gasteiger partial charge in [0.1, 0.15) is 37.6 Å². The summed E-state index contributed by atoms with van der Waals surface area (Å²) in [6, 6.07) is 2.86. The van der Waals surface area contributed by atoms with E-state index < -0.39 is 74.7 Å². The minimum Gasteiger partial charge on any atom is -0.490 e. The van der Waals surface area contributed by atoms with Gasteiger partial charge in [-0.25, -0.2) is 4.79 Å². The van der Waals surface area contributed by atoms with Gasteiger partial charge in [0.25, 0.3) is 6.48 Å². The Labute approximate surface area is 338 Å². The molecule has 5 N–H and O–H groups in total. The van der Waals surface area contributed by atoms with E-state index >= 15 is 0 Å². The highest BCUT2D eigenvalue weighted by molar-refractivity contribution is 5.91. The maximum Gasteiger partial charge on any atom is 0.338 e. The maximum absolute atomic E-state index is 13.3. The van der Waals surface area contributed by atoms with E-state index in [1.165, 1.54) is 19.1 Å². The molecule has 0 saturated carbocycles. The van der Waals surface area contributed by atoms with Gasteiger partial charge in [-0.1, -0.05) is 78.1 Å². The fraction of sp³-hybridized carbons (Fsp3) is 0.805. The third kappa shape index (κ3) is 17.9. The third-order valence-corrected chi connectivity index (χ3v) is 9.41. The summed E-state index contributed by atoms with van der Waals surface area (Å²) in [4.78, 5) is 26.5. The lowest BCUT2D eigenvalue weighted by atomic mass is 9.94. The third-order valence-electron chi connectivity index (χ3n) is 9.41. The van der Waals surface area contributed by atoms with E-state index in [1.54, 1.807) is 20.8 Å². The van der Waals surface area contributed by atoms with Crippen LogP contribution in [-0.4, -0.2) is 127 Å². The number of aliphatic hydroxyl groups excluding tert-OH is 4. The number of unbranched alkanes of at least 4 members (excludes halogenated alkanes) is 8. The lowest BCUT2D eigenvalue weighted by molar-refractivity contribution is -0.428. The van der Waals surface area contributed by atoms with E-state index in [4.69, 9.17) is 42.6 Å². The van der Waals surface area contributed by atoms with Gasteiger partial charge in [-0.15, -0.1) is 0 Å². The van der Waals surface area contributed by atoms with Gasteiger partial charge < -0.3 is 63.4 Å².